The van der Waals surface area contributed by atoms with Crippen molar-refractivity contribution < 1.29 is 0 Å². The van der Waals surface area contributed by atoms with E-state index in [1.165, 1.54) is 0 Å². The molecule has 25 heavy (non-hydrogen) atoms. The fourth-order valence-corrected chi connectivity index (χ4v) is 3.16. The van der Waals surface area contributed by atoms with Gasteiger partial charge in [0.1, 0.15) is 5.52 Å². The van der Waals surface area contributed by atoms with Crippen LogP contribution < -0.4 is 5.43 Å². The van der Waals surface area contributed by atoms with E-state index >= 15 is 0 Å². The molecular formula is C18H15BrN6. The summed E-state index contributed by atoms with van der Waals surface area (Å²) in [7, 11) is 0. The first kappa shape index (κ1) is 15.7. The molecule has 0 saturated heterocycles. The molecule has 0 amide bonds. The van der Waals surface area contributed by atoms with E-state index in [-0.39, 0.29) is 0 Å². The number of fused-ring (bicyclic) bond motifs is 3. The number of anilines is 1. The predicted molar refractivity (Wildman–Crippen MR) is 104 cm³/mol. The number of aromatic nitrogens is 4. The third-order valence-corrected chi connectivity index (χ3v) is 4.42. The summed E-state index contributed by atoms with van der Waals surface area (Å²) < 4.78 is 3.13. The number of rotatable bonds is 4. The monoisotopic (exact) mass is 394 g/mol. The van der Waals surface area contributed by atoms with Gasteiger partial charge in [0.05, 0.1) is 11.7 Å². The Morgan fingerprint density at radius 3 is 2.80 bits per heavy atom. The lowest BCUT2D eigenvalue weighted by Crippen LogP contribution is -2.02. The topological polar surface area (TPSA) is 68.0 Å². The first-order chi connectivity index (χ1) is 12.3. The van der Waals surface area contributed by atoms with E-state index in [0.29, 0.717) is 5.95 Å². The summed E-state index contributed by atoms with van der Waals surface area (Å²) in [5, 5.41) is 13.7. The molecule has 4 rings (SSSR count). The number of hydrazone groups is 1. The normalized spacial score (nSPS) is 11.6. The second-order valence-corrected chi connectivity index (χ2v) is 6.41. The Labute approximate surface area is 152 Å². The average molecular weight is 395 g/mol. The van der Waals surface area contributed by atoms with Crippen molar-refractivity contribution in [3.05, 3.63) is 58.6 Å². The van der Waals surface area contributed by atoms with Gasteiger partial charge < -0.3 is 4.57 Å². The molecule has 0 radical (unpaired) electrons. The SMILES string of the molecule is CCn1c2ccc(Br)cc2c2nnc(N/N=C/c3ccccc3)nc21. The minimum absolute atomic E-state index is 0.372. The average Bonchev–Trinajstić information content (AvgIpc) is 2.95. The van der Waals surface area contributed by atoms with Gasteiger partial charge in [-0.3, -0.25) is 0 Å². The molecule has 6 nitrogen and oxygen atoms in total. The van der Waals surface area contributed by atoms with Gasteiger partial charge in [0.2, 0.25) is 0 Å². The Hall–Kier alpha value is -2.80. The number of nitrogens with one attached hydrogen (secondary N) is 1. The van der Waals surface area contributed by atoms with E-state index in [4.69, 9.17) is 0 Å². The Morgan fingerprint density at radius 2 is 2.00 bits per heavy atom. The van der Waals surface area contributed by atoms with E-state index in [1.807, 2.05) is 42.5 Å². The maximum atomic E-state index is 4.59. The Bertz CT molecular complexity index is 1070. The molecule has 7 heteroatoms. The zero-order chi connectivity index (χ0) is 17.2. The highest BCUT2D eigenvalue weighted by molar-refractivity contribution is 9.10. The minimum Gasteiger partial charge on any atom is -0.324 e. The number of hydrogen-bond acceptors (Lipinski definition) is 5. The van der Waals surface area contributed by atoms with Gasteiger partial charge in [-0.1, -0.05) is 46.3 Å². The van der Waals surface area contributed by atoms with Crippen molar-refractivity contribution in [1.82, 2.24) is 19.7 Å². The number of halogens is 1. The van der Waals surface area contributed by atoms with Crippen molar-refractivity contribution in [1.29, 1.82) is 0 Å². The molecule has 124 valence electrons. The summed E-state index contributed by atoms with van der Waals surface area (Å²) in [6.07, 6.45) is 1.72. The molecule has 2 heterocycles. The number of nitrogens with zero attached hydrogens (tertiary/aromatic N) is 5. The van der Waals surface area contributed by atoms with Crippen LogP contribution in [0.4, 0.5) is 5.95 Å². The third kappa shape index (κ3) is 2.98. The van der Waals surface area contributed by atoms with E-state index in [0.717, 1.165) is 38.6 Å². The van der Waals surface area contributed by atoms with Crippen molar-refractivity contribution in [3.63, 3.8) is 0 Å². The fraction of sp³-hybridized carbons (Fsp3) is 0.111. The van der Waals surface area contributed by atoms with Crippen LogP contribution in [0.25, 0.3) is 22.1 Å². The molecule has 0 aliphatic heterocycles. The Morgan fingerprint density at radius 1 is 1.16 bits per heavy atom. The van der Waals surface area contributed by atoms with Crippen LogP contribution in [-0.2, 0) is 6.54 Å². The molecule has 0 atom stereocenters. The molecule has 0 bridgehead atoms. The van der Waals surface area contributed by atoms with Gasteiger partial charge in [0, 0.05) is 16.4 Å². The fourth-order valence-electron chi connectivity index (χ4n) is 2.80. The first-order valence-electron chi connectivity index (χ1n) is 7.92. The molecule has 0 aliphatic rings. The highest BCUT2D eigenvalue weighted by Gasteiger charge is 2.14. The van der Waals surface area contributed by atoms with Crippen LogP contribution >= 0.6 is 15.9 Å². The predicted octanol–water partition coefficient (Wildman–Crippen LogP) is 4.21. The molecule has 1 N–H and O–H groups in total. The van der Waals surface area contributed by atoms with Crippen molar-refractivity contribution >= 4 is 50.2 Å². The van der Waals surface area contributed by atoms with Gasteiger partial charge >= 0.3 is 0 Å². The van der Waals surface area contributed by atoms with Gasteiger partial charge in [-0.15, -0.1) is 10.2 Å². The summed E-state index contributed by atoms with van der Waals surface area (Å²) in [4.78, 5) is 4.59. The van der Waals surface area contributed by atoms with Crippen molar-refractivity contribution in [3.8, 4) is 0 Å². The Balaban J connectivity index is 1.72. The van der Waals surface area contributed by atoms with Crippen LogP contribution in [0.15, 0.2) is 58.1 Å². The van der Waals surface area contributed by atoms with Gasteiger partial charge in [-0.25, -0.2) is 5.43 Å². The molecule has 0 saturated carbocycles. The molecule has 2 aromatic carbocycles. The molecular weight excluding hydrogens is 380 g/mol. The van der Waals surface area contributed by atoms with Crippen molar-refractivity contribution in [2.24, 2.45) is 5.10 Å². The highest BCUT2D eigenvalue weighted by Crippen LogP contribution is 2.28. The van der Waals surface area contributed by atoms with Crippen molar-refractivity contribution in [2.75, 3.05) is 5.43 Å². The van der Waals surface area contributed by atoms with Crippen LogP contribution in [0.1, 0.15) is 12.5 Å². The zero-order valence-corrected chi connectivity index (χ0v) is 15.1. The third-order valence-electron chi connectivity index (χ3n) is 3.92. The van der Waals surface area contributed by atoms with Gasteiger partial charge in [-0.05, 0) is 30.7 Å². The molecule has 0 spiro atoms. The zero-order valence-electron chi connectivity index (χ0n) is 13.5. The highest BCUT2D eigenvalue weighted by atomic mass is 79.9. The first-order valence-corrected chi connectivity index (χ1v) is 8.72. The largest absolute Gasteiger partial charge is 0.324 e. The van der Waals surface area contributed by atoms with Gasteiger partial charge in [0.15, 0.2) is 5.65 Å². The van der Waals surface area contributed by atoms with E-state index in [2.05, 4.69) is 59.2 Å². The maximum Gasteiger partial charge on any atom is 0.265 e. The van der Waals surface area contributed by atoms with E-state index in [1.54, 1.807) is 6.21 Å². The van der Waals surface area contributed by atoms with Crippen LogP contribution in [-0.4, -0.2) is 26.0 Å². The van der Waals surface area contributed by atoms with E-state index in [9.17, 15) is 0 Å². The standard InChI is InChI=1S/C18H15BrN6/c1-2-25-15-9-8-13(19)10-14(15)16-17(25)21-18(24-22-16)23-20-11-12-6-4-3-5-7-12/h3-11H,2H2,1H3,(H,21,23,24)/b20-11+. The Kier molecular flexibility index (Phi) is 4.15. The van der Waals surface area contributed by atoms with Crippen LogP contribution in [0.2, 0.25) is 0 Å². The number of aryl methyl sites for hydroxylation is 1. The molecule has 2 aromatic heterocycles. The summed E-state index contributed by atoms with van der Waals surface area (Å²) in [5.74, 6) is 0.372. The van der Waals surface area contributed by atoms with Gasteiger partial charge in [-0.2, -0.15) is 10.1 Å². The van der Waals surface area contributed by atoms with Crippen LogP contribution in [0, 0.1) is 0 Å². The van der Waals surface area contributed by atoms with Crippen LogP contribution in [0.3, 0.4) is 0 Å². The minimum atomic E-state index is 0.372. The smallest absolute Gasteiger partial charge is 0.265 e. The van der Waals surface area contributed by atoms with Gasteiger partial charge in [0.25, 0.3) is 5.95 Å². The lowest BCUT2D eigenvalue weighted by molar-refractivity contribution is 0.811. The number of benzene rings is 2. The molecule has 0 unspecified atom stereocenters. The summed E-state index contributed by atoms with van der Waals surface area (Å²) in [5.41, 5.74) is 6.52. The quantitative estimate of drug-likeness (QED) is 0.415. The second kappa shape index (κ2) is 6.60. The maximum absolute atomic E-state index is 4.59. The lowest BCUT2D eigenvalue weighted by Gasteiger charge is -2.02. The summed E-state index contributed by atoms with van der Waals surface area (Å²) >= 11 is 3.51. The second-order valence-electron chi connectivity index (χ2n) is 5.49. The summed E-state index contributed by atoms with van der Waals surface area (Å²) in [6.45, 7) is 2.89. The molecule has 0 fully saturated rings. The summed E-state index contributed by atoms with van der Waals surface area (Å²) in [6, 6.07) is 16.0. The van der Waals surface area contributed by atoms with E-state index < -0.39 is 0 Å². The lowest BCUT2D eigenvalue weighted by atomic mass is 10.2. The molecule has 4 aromatic rings. The van der Waals surface area contributed by atoms with Crippen LogP contribution in [0.5, 0.6) is 0 Å². The van der Waals surface area contributed by atoms with Crippen molar-refractivity contribution in [2.45, 2.75) is 13.5 Å². The molecule has 0 aliphatic carbocycles. The number of hydrogen-bond donors (Lipinski definition) is 1.